The standard InChI is InChI=1S/C20H35N7O6/c1-13(28)7-8-15(29)11-14(5-3-9-26-19(21)22)17(30)32-12-33-18(31)16(25-2)6-4-10-27-20(23)24/h7-8,14,16,25H,3-6,9-12H2,1-2H3,(H4,21,22,26)(H4,23,24,27)/p+2/b8-7+. The quantitative estimate of drug-likeness (QED) is 0.0264. The number of nitrogens with two attached hydrogens (primary N) is 4. The van der Waals surface area contributed by atoms with Crippen molar-refractivity contribution in [3.8, 4) is 0 Å². The molecule has 13 heteroatoms. The third-order valence-corrected chi connectivity index (χ3v) is 4.38. The van der Waals surface area contributed by atoms with Crippen LogP contribution in [-0.2, 0) is 28.7 Å². The Morgan fingerprint density at radius 2 is 1.42 bits per heavy atom. The molecule has 0 aliphatic rings. The third kappa shape index (κ3) is 15.9. The van der Waals surface area contributed by atoms with E-state index >= 15 is 0 Å². The second kappa shape index (κ2) is 17.1. The maximum Gasteiger partial charge on any atom is 0.338 e. The van der Waals surface area contributed by atoms with Crippen molar-refractivity contribution in [3.05, 3.63) is 12.2 Å². The smallest absolute Gasteiger partial charge is 0.338 e. The van der Waals surface area contributed by atoms with Gasteiger partial charge >= 0.3 is 23.9 Å². The molecule has 0 saturated heterocycles. The maximum absolute atomic E-state index is 12.5. The highest BCUT2D eigenvalue weighted by atomic mass is 16.7. The molecule has 11 N–H and O–H groups in total. The van der Waals surface area contributed by atoms with E-state index in [1.54, 1.807) is 7.05 Å². The number of hydrogen-bond donors (Lipinski definition) is 7. The van der Waals surface area contributed by atoms with Crippen LogP contribution in [-0.4, -0.2) is 68.4 Å². The predicted molar refractivity (Wildman–Crippen MR) is 120 cm³/mol. The molecule has 33 heavy (non-hydrogen) atoms. The molecule has 0 aliphatic carbocycles. The van der Waals surface area contributed by atoms with Gasteiger partial charge in [0.05, 0.1) is 19.0 Å². The van der Waals surface area contributed by atoms with Crippen LogP contribution in [0.2, 0.25) is 0 Å². The minimum atomic E-state index is -0.794. The van der Waals surface area contributed by atoms with E-state index in [0.29, 0.717) is 38.8 Å². The molecule has 0 bridgehead atoms. The average Bonchev–Trinajstić information content (AvgIpc) is 2.73. The second-order valence-corrected chi connectivity index (χ2v) is 7.25. The molecule has 0 aromatic heterocycles. The van der Waals surface area contributed by atoms with Crippen LogP contribution >= 0.6 is 0 Å². The number of guanidine groups is 2. The molecule has 0 radical (unpaired) electrons. The summed E-state index contributed by atoms with van der Waals surface area (Å²) in [5.41, 5.74) is 21.3. The molecule has 0 fully saturated rings. The molecule has 13 nitrogen and oxygen atoms in total. The van der Waals surface area contributed by atoms with E-state index < -0.39 is 36.5 Å². The first-order chi connectivity index (χ1) is 15.6. The van der Waals surface area contributed by atoms with Gasteiger partial charge < -0.3 is 14.8 Å². The minimum absolute atomic E-state index is 0.0426. The van der Waals surface area contributed by atoms with E-state index in [-0.39, 0.29) is 24.1 Å². The Labute approximate surface area is 193 Å². The molecule has 0 spiro atoms. The summed E-state index contributed by atoms with van der Waals surface area (Å²) >= 11 is 0. The van der Waals surface area contributed by atoms with Crippen molar-refractivity contribution in [3.63, 3.8) is 0 Å². The summed E-state index contributed by atoms with van der Waals surface area (Å²) in [6.07, 6.45) is 3.89. The molecule has 0 saturated carbocycles. The van der Waals surface area contributed by atoms with Crippen molar-refractivity contribution in [1.29, 1.82) is 0 Å². The van der Waals surface area contributed by atoms with E-state index in [9.17, 15) is 19.2 Å². The van der Waals surface area contributed by atoms with Crippen LogP contribution in [0, 0.1) is 5.92 Å². The van der Waals surface area contributed by atoms with Crippen molar-refractivity contribution in [2.75, 3.05) is 26.9 Å². The largest absolute Gasteiger partial charge is 0.428 e. The first kappa shape index (κ1) is 29.5. The van der Waals surface area contributed by atoms with E-state index in [0.717, 1.165) is 12.2 Å². The number of ether oxygens (including phenoxy) is 2. The van der Waals surface area contributed by atoms with Crippen molar-refractivity contribution >= 4 is 35.4 Å². The SMILES string of the molecule is CNC(CCC[NH+]=C(N)N)C(=O)OCOC(=O)C(CCC[NH+]=C(N)N)CC(=O)/C=C/C(C)=O. The first-order valence-electron chi connectivity index (χ1n) is 10.5. The number of carbonyl (C=O) groups is 4. The zero-order valence-electron chi connectivity index (χ0n) is 19.2. The van der Waals surface area contributed by atoms with Crippen LogP contribution in [0.25, 0.3) is 0 Å². The highest BCUT2D eigenvalue weighted by molar-refractivity contribution is 5.98. The fourth-order valence-electron chi connectivity index (χ4n) is 2.69. The number of allylic oxidation sites excluding steroid dienone is 2. The summed E-state index contributed by atoms with van der Waals surface area (Å²) in [7, 11) is 1.60. The lowest BCUT2D eigenvalue weighted by Gasteiger charge is -2.17. The van der Waals surface area contributed by atoms with Crippen LogP contribution in [0.3, 0.4) is 0 Å². The molecule has 0 aliphatic heterocycles. The van der Waals surface area contributed by atoms with Gasteiger partial charge in [0.1, 0.15) is 6.04 Å². The molecule has 0 aromatic carbocycles. The summed E-state index contributed by atoms with van der Waals surface area (Å²) < 4.78 is 10.1. The molecule has 0 heterocycles. The van der Waals surface area contributed by atoms with Gasteiger partial charge in [-0.1, -0.05) is 0 Å². The van der Waals surface area contributed by atoms with Gasteiger partial charge in [-0.15, -0.1) is 0 Å². The Hall–Kier alpha value is -3.48. The number of nitrogens with one attached hydrogen (secondary N) is 3. The second-order valence-electron chi connectivity index (χ2n) is 7.25. The maximum atomic E-state index is 12.5. The third-order valence-electron chi connectivity index (χ3n) is 4.38. The van der Waals surface area contributed by atoms with Crippen molar-refractivity contribution < 1.29 is 38.6 Å². The average molecular weight is 472 g/mol. The minimum Gasteiger partial charge on any atom is -0.428 e. The highest BCUT2D eigenvalue weighted by Gasteiger charge is 2.24. The van der Waals surface area contributed by atoms with Gasteiger partial charge in [-0.25, -0.2) is 0 Å². The molecule has 186 valence electrons. The summed E-state index contributed by atoms with van der Waals surface area (Å²) in [6.45, 7) is 1.60. The van der Waals surface area contributed by atoms with Crippen LogP contribution in [0.4, 0.5) is 0 Å². The van der Waals surface area contributed by atoms with E-state index in [4.69, 9.17) is 32.4 Å². The van der Waals surface area contributed by atoms with E-state index in [1.807, 2.05) is 0 Å². The lowest BCUT2D eigenvalue weighted by molar-refractivity contribution is -0.460. The molecule has 2 unspecified atom stereocenters. The molecule has 0 amide bonds. The zero-order valence-corrected chi connectivity index (χ0v) is 19.2. The Bertz CT molecular complexity index is 743. The lowest BCUT2D eigenvalue weighted by atomic mass is 9.96. The van der Waals surface area contributed by atoms with Crippen molar-refractivity contribution in [2.24, 2.45) is 28.9 Å². The lowest BCUT2D eigenvalue weighted by Crippen LogP contribution is -2.78. The van der Waals surface area contributed by atoms with Crippen molar-refractivity contribution in [2.45, 2.75) is 45.1 Å². The van der Waals surface area contributed by atoms with Crippen LogP contribution in [0.5, 0.6) is 0 Å². The van der Waals surface area contributed by atoms with Crippen LogP contribution in [0.1, 0.15) is 39.0 Å². The molecular formula is C20H37N7O6+2. The normalized spacial score (nSPS) is 12.4. The Morgan fingerprint density at radius 3 is 1.94 bits per heavy atom. The summed E-state index contributed by atoms with van der Waals surface area (Å²) in [5, 5.41) is 2.82. The van der Waals surface area contributed by atoms with Gasteiger partial charge in [-0.2, -0.15) is 0 Å². The topological polar surface area (TPSA) is 231 Å². The number of ketones is 2. The van der Waals surface area contributed by atoms with Crippen LogP contribution in [0.15, 0.2) is 12.2 Å². The van der Waals surface area contributed by atoms with E-state index in [1.165, 1.54) is 6.92 Å². The first-order valence-corrected chi connectivity index (χ1v) is 10.5. The van der Waals surface area contributed by atoms with Gasteiger partial charge in [-0.3, -0.25) is 52.1 Å². The Morgan fingerprint density at radius 1 is 0.879 bits per heavy atom. The molecule has 2 atom stereocenters. The highest BCUT2D eigenvalue weighted by Crippen LogP contribution is 2.14. The molecule has 0 rings (SSSR count). The van der Waals surface area contributed by atoms with Gasteiger partial charge in [-0.05, 0) is 51.8 Å². The van der Waals surface area contributed by atoms with Crippen molar-refractivity contribution in [1.82, 2.24) is 5.32 Å². The Balaban J connectivity index is 4.75. The van der Waals surface area contributed by atoms with Gasteiger partial charge in [0, 0.05) is 6.42 Å². The summed E-state index contributed by atoms with van der Waals surface area (Å²) in [4.78, 5) is 53.2. The van der Waals surface area contributed by atoms with Gasteiger partial charge in [0.25, 0.3) is 0 Å². The van der Waals surface area contributed by atoms with E-state index in [2.05, 4.69) is 15.3 Å². The summed E-state index contributed by atoms with van der Waals surface area (Å²) in [6, 6.07) is -0.609. The number of esters is 2. The van der Waals surface area contributed by atoms with Gasteiger partial charge in [0.2, 0.25) is 6.79 Å². The number of rotatable bonds is 17. The monoisotopic (exact) mass is 471 g/mol. The van der Waals surface area contributed by atoms with Gasteiger partial charge in [0.15, 0.2) is 11.6 Å². The number of carbonyl (C=O) groups excluding carboxylic acids is 4. The fourth-order valence-corrected chi connectivity index (χ4v) is 2.69. The predicted octanol–water partition coefficient (Wildman–Crippen LogP) is -5.39. The molecule has 0 aromatic rings. The number of hydrogen-bond acceptors (Lipinski definition) is 7. The number of likely N-dealkylation sites (N-methyl/N-ethyl adjacent to an activating group) is 1. The Kier molecular flexibility index (Phi) is 15.3. The zero-order chi connectivity index (χ0) is 25.2. The fraction of sp³-hybridized carbons (Fsp3) is 0.600. The molecular weight excluding hydrogens is 434 g/mol. The van der Waals surface area contributed by atoms with Crippen LogP contribution < -0.4 is 38.2 Å². The summed E-state index contributed by atoms with van der Waals surface area (Å²) in [5.74, 6) is -2.64.